The van der Waals surface area contributed by atoms with Crippen LogP contribution in [0.1, 0.15) is 10.5 Å². The molecule has 0 atom stereocenters. The standard InChI is InChI=1S/C12H12N2O2/c1-14-7-6-10(11(14)12(15)16)8-2-4-9(13)5-3-8/h2-7H,13H2,1H3,(H,15,16). The van der Waals surface area contributed by atoms with Crippen LogP contribution in [0.5, 0.6) is 0 Å². The number of nitrogen functional groups attached to an aromatic ring is 1. The number of carbonyl (C=O) groups is 1. The SMILES string of the molecule is Cn1ccc(-c2ccc(N)cc2)c1C(=O)O. The van der Waals surface area contributed by atoms with Crippen LogP contribution in [-0.4, -0.2) is 15.6 Å². The van der Waals surface area contributed by atoms with Crippen LogP contribution in [0.2, 0.25) is 0 Å². The van der Waals surface area contributed by atoms with Crippen molar-refractivity contribution in [3.05, 3.63) is 42.2 Å². The molecule has 0 saturated heterocycles. The molecule has 1 aromatic carbocycles. The van der Waals surface area contributed by atoms with Crippen LogP contribution in [-0.2, 0) is 7.05 Å². The Morgan fingerprint density at radius 3 is 2.44 bits per heavy atom. The fraction of sp³-hybridized carbons (Fsp3) is 0.0833. The topological polar surface area (TPSA) is 68.2 Å². The third-order valence-corrected chi connectivity index (χ3v) is 2.50. The minimum atomic E-state index is -0.931. The summed E-state index contributed by atoms with van der Waals surface area (Å²) in [5.74, 6) is -0.931. The molecule has 0 amide bonds. The zero-order valence-electron chi connectivity index (χ0n) is 8.84. The first-order valence-electron chi connectivity index (χ1n) is 4.84. The number of anilines is 1. The van der Waals surface area contributed by atoms with E-state index in [1.165, 1.54) is 0 Å². The van der Waals surface area contributed by atoms with Crippen LogP contribution in [0.4, 0.5) is 5.69 Å². The Morgan fingerprint density at radius 2 is 1.88 bits per heavy atom. The van der Waals surface area contributed by atoms with Gasteiger partial charge in [0, 0.05) is 24.5 Å². The lowest BCUT2D eigenvalue weighted by molar-refractivity contribution is 0.0687. The molecule has 4 nitrogen and oxygen atoms in total. The number of benzene rings is 1. The maximum absolute atomic E-state index is 11.1. The van der Waals surface area contributed by atoms with Crippen LogP contribution in [0, 0.1) is 0 Å². The van der Waals surface area contributed by atoms with Crippen molar-refractivity contribution < 1.29 is 9.90 Å². The summed E-state index contributed by atoms with van der Waals surface area (Å²) in [6.07, 6.45) is 1.73. The summed E-state index contributed by atoms with van der Waals surface area (Å²) >= 11 is 0. The average molecular weight is 216 g/mol. The van der Waals surface area contributed by atoms with E-state index < -0.39 is 5.97 Å². The van der Waals surface area contributed by atoms with Gasteiger partial charge in [0.1, 0.15) is 5.69 Å². The van der Waals surface area contributed by atoms with E-state index in [1.807, 2.05) is 12.1 Å². The zero-order chi connectivity index (χ0) is 11.7. The third-order valence-electron chi connectivity index (χ3n) is 2.50. The van der Waals surface area contributed by atoms with E-state index in [2.05, 4.69) is 0 Å². The lowest BCUT2D eigenvalue weighted by Gasteiger charge is -2.03. The van der Waals surface area contributed by atoms with Gasteiger partial charge in [-0.2, -0.15) is 0 Å². The Kier molecular flexibility index (Phi) is 2.40. The average Bonchev–Trinajstić information content (AvgIpc) is 2.61. The number of carboxylic acids is 1. The van der Waals surface area contributed by atoms with Gasteiger partial charge in [-0.1, -0.05) is 12.1 Å². The van der Waals surface area contributed by atoms with Gasteiger partial charge in [-0.05, 0) is 23.8 Å². The molecular weight excluding hydrogens is 204 g/mol. The Morgan fingerprint density at radius 1 is 1.25 bits per heavy atom. The highest BCUT2D eigenvalue weighted by molar-refractivity contribution is 5.94. The molecule has 0 spiro atoms. The summed E-state index contributed by atoms with van der Waals surface area (Å²) in [6, 6.07) is 8.94. The van der Waals surface area contributed by atoms with Crippen molar-refractivity contribution in [2.45, 2.75) is 0 Å². The number of rotatable bonds is 2. The number of carboxylic acid groups (broad SMARTS) is 1. The second kappa shape index (κ2) is 3.73. The molecule has 0 aliphatic heterocycles. The Hall–Kier alpha value is -2.23. The van der Waals surface area contributed by atoms with Gasteiger partial charge >= 0.3 is 5.97 Å². The first-order valence-corrected chi connectivity index (χ1v) is 4.84. The summed E-state index contributed by atoms with van der Waals surface area (Å²) in [6.45, 7) is 0. The normalized spacial score (nSPS) is 10.3. The molecule has 2 aromatic rings. The number of aromatic nitrogens is 1. The molecule has 2 rings (SSSR count). The van der Waals surface area contributed by atoms with Gasteiger partial charge in [0.25, 0.3) is 0 Å². The molecule has 0 bridgehead atoms. The van der Waals surface area contributed by atoms with Crippen molar-refractivity contribution in [2.24, 2.45) is 7.05 Å². The molecule has 0 aliphatic carbocycles. The summed E-state index contributed by atoms with van der Waals surface area (Å²) in [5.41, 5.74) is 8.09. The molecule has 0 fully saturated rings. The number of aromatic carboxylic acids is 1. The summed E-state index contributed by atoms with van der Waals surface area (Å²) in [7, 11) is 1.71. The van der Waals surface area contributed by atoms with Crippen molar-refractivity contribution in [3.8, 4) is 11.1 Å². The van der Waals surface area contributed by atoms with E-state index in [-0.39, 0.29) is 5.69 Å². The third kappa shape index (κ3) is 1.65. The predicted molar refractivity (Wildman–Crippen MR) is 62.2 cm³/mol. The van der Waals surface area contributed by atoms with E-state index in [0.717, 1.165) is 5.56 Å². The van der Waals surface area contributed by atoms with E-state index >= 15 is 0 Å². The summed E-state index contributed by atoms with van der Waals surface area (Å²) in [4.78, 5) is 11.1. The van der Waals surface area contributed by atoms with Gasteiger partial charge in [-0.3, -0.25) is 0 Å². The Labute approximate surface area is 92.9 Å². The van der Waals surface area contributed by atoms with Crippen molar-refractivity contribution in [1.82, 2.24) is 4.57 Å². The van der Waals surface area contributed by atoms with Crippen molar-refractivity contribution in [1.29, 1.82) is 0 Å². The van der Waals surface area contributed by atoms with Crippen LogP contribution in [0.3, 0.4) is 0 Å². The minimum absolute atomic E-state index is 0.282. The first kappa shape index (κ1) is 10.3. The van der Waals surface area contributed by atoms with Gasteiger partial charge < -0.3 is 15.4 Å². The molecule has 4 heteroatoms. The van der Waals surface area contributed by atoms with Gasteiger partial charge in [0.05, 0.1) is 0 Å². The highest BCUT2D eigenvalue weighted by atomic mass is 16.4. The smallest absolute Gasteiger partial charge is 0.353 e. The van der Waals surface area contributed by atoms with Crippen LogP contribution in [0.25, 0.3) is 11.1 Å². The molecular formula is C12H12N2O2. The molecule has 0 unspecified atom stereocenters. The second-order valence-corrected chi connectivity index (χ2v) is 3.62. The fourth-order valence-electron chi connectivity index (χ4n) is 1.69. The number of hydrogen-bond donors (Lipinski definition) is 2. The van der Waals surface area contributed by atoms with Crippen LogP contribution < -0.4 is 5.73 Å². The highest BCUT2D eigenvalue weighted by Crippen LogP contribution is 2.25. The first-order chi connectivity index (χ1) is 7.59. The molecule has 82 valence electrons. The lowest BCUT2D eigenvalue weighted by Crippen LogP contribution is -2.05. The summed E-state index contributed by atoms with van der Waals surface area (Å²) in [5, 5.41) is 9.11. The molecule has 1 aromatic heterocycles. The van der Waals surface area contributed by atoms with E-state index in [4.69, 9.17) is 10.8 Å². The van der Waals surface area contributed by atoms with E-state index in [1.54, 1.807) is 36.0 Å². The number of hydrogen-bond acceptors (Lipinski definition) is 2. The van der Waals surface area contributed by atoms with Gasteiger partial charge in [0.2, 0.25) is 0 Å². The fourth-order valence-corrected chi connectivity index (χ4v) is 1.69. The maximum atomic E-state index is 11.1. The largest absolute Gasteiger partial charge is 0.477 e. The van der Waals surface area contributed by atoms with Crippen molar-refractivity contribution in [2.75, 3.05) is 5.73 Å². The Bertz CT molecular complexity index is 526. The maximum Gasteiger partial charge on any atom is 0.353 e. The molecule has 0 aliphatic rings. The second-order valence-electron chi connectivity index (χ2n) is 3.62. The monoisotopic (exact) mass is 216 g/mol. The van der Waals surface area contributed by atoms with Gasteiger partial charge in [0.15, 0.2) is 0 Å². The predicted octanol–water partition coefficient (Wildman–Crippen LogP) is 1.97. The number of aryl methyl sites for hydroxylation is 1. The lowest BCUT2D eigenvalue weighted by atomic mass is 10.1. The van der Waals surface area contributed by atoms with E-state index in [9.17, 15) is 4.79 Å². The molecule has 16 heavy (non-hydrogen) atoms. The van der Waals surface area contributed by atoms with Crippen molar-refractivity contribution >= 4 is 11.7 Å². The van der Waals surface area contributed by atoms with E-state index in [0.29, 0.717) is 11.3 Å². The van der Waals surface area contributed by atoms with Gasteiger partial charge in [-0.15, -0.1) is 0 Å². The quantitative estimate of drug-likeness (QED) is 0.754. The highest BCUT2D eigenvalue weighted by Gasteiger charge is 2.15. The molecule has 0 radical (unpaired) electrons. The van der Waals surface area contributed by atoms with Crippen LogP contribution in [0.15, 0.2) is 36.5 Å². The molecule has 1 heterocycles. The zero-order valence-corrected chi connectivity index (χ0v) is 8.84. The van der Waals surface area contributed by atoms with Crippen LogP contribution >= 0.6 is 0 Å². The molecule has 0 saturated carbocycles. The van der Waals surface area contributed by atoms with Gasteiger partial charge in [-0.25, -0.2) is 4.79 Å². The number of nitrogens with two attached hydrogens (primary N) is 1. The number of nitrogens with zero attached hydrogens (tertiary/aromatic N) is 1. The minimum Gasteiger partial charge on any atom is -0.477 e. The van der Waals surface area contributed by atoms with Crippen molar-refractivity contribution in [3.63, 3.8) is 0 Å². The Balaban J connectivity index is 2.56. The molecule has 3 N–H and O–H groups in total. The summed E-state index contributed by atoms with van der Waals surface area (Å²) < 4.78 is 1.59.